The minimum Gasteiger partial charge on any atom is -0.378 e. The average Bonchev–Trinajstić information content (AvgIpc) is 3.28. The van der Waals surface area contributed by atoms with Crippen LogP contribution in [0.1, 0.15) is 56.0 Å². The van der Waals surface area contributed by atoms with Gasteiger partial charge in [-0.3, -0.25) is 4.79 Å². The summed E-state index contributed by atoms with van der Waals surface area (Å²) in [5.41, 5.74) is -0.317. The molecule has 0 spiro atoms. The molecule has 1 aliphatic carbocycles. The van der Waals surface area contributed by atoms with Crippen LogP contribution in [0.4, 0.5) is 5.82 Å². The van der Waals surface area contributed by atoms with Gasteiger partial charge in [-0.25, -0.2) is 9.97 Å². The first-order valence-electron chi connectivity index (χ1n) is 9.17. The van der Waals surface area contributed by atoms with Crippen LogP contribution in [0.25, 0.3) is 0 Å². The van der Waals surface area contributed by atoms with Gasteiger partial charge in [-0.1, -0.05) is 0 Å². The van der Waals surface area contributed by atoms with Gasteiger partial charge < -0.3 is 14.9 Å². The second kappa shape index (κ2) is 5.99. The standard InChI is InChI=1S/C18H26N4O2/c1-13-11-15(20-16(19-13)14-5-6-14)22-10-4-7-18(24,12-22)17(23)21-8-2-3-9-21/h11,14,24H,2-10,12H2,1H3. The van der Waals surface area contributed by atoms with Gasteiger partial charge in [0.05, 0.1) is 6.54 Å². The lowest BCUT2D eigenvalue weighted by Crippen LogP contribution is -2.58. The van der Waals surface area contributed by atoms with E-state index in [0.717, 1.165) is 56.2 Å². The Balaban J connectivity index is 1.55. The minimum absolute atomic E-state index is 0.0992. The fourth-order valence-electron chi connectivity index (χ4n) is 3.88. The van der Waals surface area contributed by atoms with Crippen LogP contribution >= 0.6 is 0 Å². The topological polar surface area (TPSA) is 69.6 Å². The molecule has 4 rings (SSSR count). The molecule has 3 heterocycles. The number of carbonyl (C=O) groups excluding carboxylic acids is 1. The van der Waals surface area contributed by atoms with Gasteiger partial charge in [0.2, 0.25) is 0 Å². The van der Waals surface area contributed by atoms with Crippen LogP contribution < -0.4 is 4.90 Å². The summed E-state index contributed by atoms with van der Waals surface area (Å²) in [6.45, 7) is 4.71. The summed E-state index contributed by atoms with van der Waals surface area (Å²) < 4.78 is 0. The highest BCUT2D eigenvalue weighted by Gasteiger charge is 2.43. The van der Waals surface area contributed by atoms with Gasteiger partial charge in [0.15, 0.2) is 5.60 Å². The van der Waals surface area contributed by atoms with Gasteiger partial charge in [0.25, 0.3) is 5.91 Å². The highest BCUT2D eigenvalue weighted by atomic mass is 16.3. The van der Waals surface area contributed by atoms with Crippen LogP contribution in [0.2, 0.25) is 0 Å². The zero-order valence-corrected chi connectivity index (χ0v) is 14.4. The number of aryl methyl sites for hydroxylation is 1. The van der Waals surface area contributed by atoms with Gasteiger partial charge in [0, 0.05) is 37.3 Å². The van der Waals surface area contributed by atoms with Crippen molar-refractivity contribution in [3.63, 3.8) is 0 Å². The monoisotopic (exact) mass is 330 g/mol. The summed E-state index contributed by atoms with van der Waals surface area (Å²) in [4.78, 5) is 25.9. The summed E-state index contributed by atoms with van der Waals surface area (Å²) in [6.07, 6.45) is 5.76. The molecule has 24 heavy (non-hydrogen) atoms. The second-order valence-electron chi connectivity index (χ2n) is 7.56. The Morgan fingerprint density at radius 1 is 1.21 bits per heavy atom. The number of anilines is 1. The van der Waals surface area contributed by atoms with Crippen LogP contribution in [0.15, 0.2) is 6.07 Å². The molecule has 1 N–H and O–H groups in total. The lowest BCUT2D eigenvalue weighted by molar-refractivity contribution is -0.151. The van der Waals surface area contributed by atoms with E-state index in [1.165, 1.54) is 12.8 Å². The van der Waals surface area contributed by atoms with Crippen molar-refractivity contribution in [3.05, 3.63) is 17.6 Å². The number of likely N-dealkylation sites (tertiary alicyclic amines) is 1. The zero-order chi connectivity index (χ0) is 16.7. The number of piperidine rings is 1. The van der Waals surface area contributed by atoms with Crippen LogP contribution in [0.3, 0.4) is 0 Å². The number of carbonyl (C=O) groups is 1. The van der Waals surface area contributed by atoms with E-state index in [-0.39, 0.29) is 5.91 Å². The van der Waals surface area contributed by atoms with Crippen molar-refractivity contribution in [1.82, 2.24) is 14.9 Å². The lowest BCUT2D eigenvalue weighted by Gasteiger charge is -2.40. The Labute approximate surface area is 142 Å². The van der Waals surface area contributed by atoms with E-state index < -0.39 is 5.60 Å². The first-order chi connectivity index (χ1) is 11.5. The molecule has 1 aromatic heterocycles. The largest absolute Gasteiger partial charge is 0.378 e. The van der Waals surface area contributed by atoms with E-state index in [4.69, 9.17) is 4.98 Å². The number of hydrogen-bond acceptors (Lipinski definition) is 5. The molecule has 1 aromatic rings. The average molecular weight is 330 g/mol. The third-order valence-corrected chi connectivity index (χ3v) is 5.39. The van der Waals surface area contributed by atoms with Crippen LogP contribution in [0, 0.1) is 6.92 Å². The predicted molar refractivity (Wildman–Crippen MR) is 91.0 cm³/mol. The molecular formula is C18H26N4O2. The van der Waals surface area contributed by atoms with Gasteiger partial charge in [-0.2, -0.15) is 0 Å². The molecule has 0 aromatic carbocycles. The molecule has 6 nitrogen and oxygen atoms in total. The van der Waals surface area contributed by atoms with Crippen LogP contribution in [-0.2, 0) is 4.79 Å². The van der Waals surface area contributed by atoms with E-state index in [1.807, 2.05) is 17.9 Å². The smallest absolute Gasteiger partial charge is 0.256 e. The molecule has 1 amide bonds. The van der Waals surface area contributed by atoms with E-state index >= 15 is 0 Å². The molecule has 6 heteroatoms. The van der Waals surface area contributed by atoms with E-state index in [2.05, 4.69) is 9.88 Å². The van der Waals surface area contributed by atoms with Gasteiger partial charge in [0.1, 0.15) is 11.6 Å². The Kier molecular flexibility index (Phi) is 3.95. The number of aliphatic hydroxyl groups is 1. The molecule has 3 aliphatic rings. The summed E-state index contributed by atoms with van der Waals surface area (Å²) >= 11 is 0. The van der Waals surface area contributed by atoms with Crippen molar-refractivity contribution in [2.45, 2.75) is 57.0 Å². The highest BCUT2D eigenvalue weighted by Crippen LogP contribution is 2.39. The van der Waals surface area contributed by atoms with Crippen molar-refractivity contribution >= 4 is 11.7 Å². The van der Waals surface area contributed by atoms with Gasteiger partial charge >= 0.3 is 0 Å². The Hall–Kier alpha value is -1.69. The van der Waals surface area contributed by atoms with E-state index in [0.29, 0.717) is 18.9 Å². The molecule has 3 fully saturated rings. The molecule has 0 radical (unpaired) electrons. The highest BCUT2D eigenvalue weighted by molar-refractivity contribution is 5.86. The number of hydrogen-bond donors (Lipinski definition) is 1. The maximum Gasteiger partial charge on any atom is 0.256 e. The fourth-order valence-corrected chi connectivity index (χ4v) is 3.88. The maximum atomic E-state index is 12.8. The quantitative estimate of drug-likeness (QED) is 0.912. The predicted octanol–water partition coefficient (Wildman–Crippen LogP) is 1.62. The third-order valence-electron chi connectivity index (χ3n) is 5.39. The number of amides is 1. The molecule has 1 saturated carbocycles. The SMILES string of the molecule is Cc1cc(N2CCCC(O)(C(=O)N3CCCC3)C2)nc(C2CC2)n1. The molecule has 130 valence electrons. The third kappa shape index (κ3) is 2.99. The van der Waals surface area contributed by atoms with Crippen molar-refractivity contribution in [2.24, 2.45) is 0 Å². The van der Waals surface area contributed by atoms with Crippen molar-refractivity contribution < 1.29 is 9.90 Å². The molecule has 1 unspecified atom stereocenters. The Morgan fingerprint density at radius 3 is 2.67 bits per heavy atom. The number of nitrogens with zero attached hydrogens (tertiary/aromatic N) is 4. The van der Waals surface area contributed by atoms with Crippen molar-refractivity contribution in [2.75, 3.05) is 31.1 Å². The Morgan fingerprint density at radius 2 is 1.96 bits per heavy atom. The van der Waals surface area contributed by atoms with Gasteiger partial charge in [-0.05, 0) is 45.4 Å². The molecule has 2 aliphatic heterocycles. The molecular weight excluding hydrogens is 304 g/mol. The van der Waals surface area contributed by atoms with Crippen LogP contribution in [-0.4, -0.2) is 57.7 Å². The Bertz CT molecular complexity index is 640. The fraction of sp³-hybridized carbons (Fsp3) is 0.722. The number of rotatable bonds is 3. The number of aromatic nitrogens is 2. The maximum absolute atomic E-state index is 12.8. The summed E-state index contributed by atoms with van der Waals surface area (Å²) in [5, 5.41) is 11.0. The normalized spacial score (nSPS) is 27.6. The first-order valence-corrected chi connectivity index (χ1v) is 9.17. The molecule has 2 saturated heterocycles. The van der Waals surface area contributed by atoms with E-state index in [1.54, 1.807) is 0 Å². The molecule has 1 atom stereocenters. The second-order valence-corrected chi connectivity index (χ2v) is 7.56. The molecule has 0 bridgehead atoms. The lowest BCUT2D eigenvalue weighted by atomic mass is 9.91. The van der Waals surface area contributed by atoms with E-state index in [9.17, 15) is 9.90 Å². The summed E-state index contributed by atoms with van der Waals surface area (Å²) in [6, 6.07) is 1.97. The van der Waals surface area contributed by atoms with Gasteiger partial charge in [-0.15, -0.1) is 0 Å². The minimum atomic E-state index is -1.28. The van der Waals surface area contributed by atoms with Crippen molar-refractivity contribution in [3.8, 4) is 0 Å². The summed E-state index contributed by atoms with van der Waals surface area (Å²) in [5.74, 6) is 2.18. The number of β-amino-alcohol motifs (C(OH)–C–C–N with tert-alkyl or cyclic N) is 1. The van der Waals surface area contributed by atoms with Crippen LogP contribution in [0.5, 0.6) is 0 Å². The zero-order valence-electron chi connectivity index (χ0n) is 14.4. The first kappa shape index (κ1) is 15.8. The van der Waals surface area contributed by atoms with Crippen molar-refractivity contribution in [1.29, 1.82) is 0 Å². The summed E-state index contributed by atoms with van der Waals surface area (Å²) in [7, 11) is 0.